The Morgan fingerprint density at radius 2 is 2.05 bits per heavy atom. The first-order chi connectivity index (χ1) is 10.1. The van der Waals surface area contributed by atoms with Crippen molar-refractivity contribution < 1.29 is 4.79 Å². The first-order valence-electron chi connectivity index (χ1n) is 6.94. The van der Waals surface area contributed by atoms with Gasteiger partial charge in [0.1, 0.15) is 4.88 Å². The zero-order valence-electron chi connectivity index (χ0n) is 12.5. The molecule has 1 aromatic carbocycles. The minimum absolute atomic E-state index is 0.0929. The van der Waals surface area contributed by atoms with Gasteiger partial charge in [-0.2, -0.15) is 0 Å². The molecule has 1 heterocycles. The third-order valence-electron chi connectivity index (χ3n) is 3.36. The summed E-state index contributed by atoms with van der Waals surface area (Å²) >= 11 is 1.15. The minimum Gasteiger partial charge on any atom is -0.349 e. The molecule has 1 amide bonds. The summed E-state index contributed by atoms with van der Waals surface area (Å²) < 4.78 is 3.85. The first-order valence-corrected chi connectivity index (χ1v) is 7.71. The molecule has 0 saturated carbocycles. The highest BCUT2D eigenvalue weighted by molar-refractivity contribution is 7.08. The van der Waals surface area contributed by atoms with Crippen LogP contribution in [0.15, 0.2) is 30.3 Å². The number of nitrogens with one attached hydrogen (secondary N) is 1. The van der Waals surface area contributed by atoms with E-state index in [1.807, 2.05) is 39.2 Å². The van der Waals surface area contributed by atoms with Gasteiger partial charge in [0.15, 0.2) is 0 Å². The Bertz CT molecular complexity index is 582. The molecule has 0 aliphatic heterocycles. The highest BCUT2D eigenvalue weighted by atomic mass is 32.1. The normalized spacial score (nSPS) is 12.4. The van der Waals surface area contributed by atoms with Gasteiger partial charge in [-0.15, -0.1) is 5.10 Å². The second-order valence-electron chi connectivity index (χ2n) is 5.00. The molecule has 5 nitrogen and oxygen atoms in total. The fraction of sp³-hybridized carbons (Fsp3) is 0.400. The van der Waals surface area contributed by atoms with Gasteiger partial charge in [0.05, 0.1) is 11.7 Å². The number of rotatable bonds is 6. The van der Waals surface area contributed by atoms with Crippen molar-refractivity contribution >= 4 is 17.4 Å². The van der Waals surface area contributed by atoms with Gasteiger partial charge in [0.2, 0.25) is 0 Å². The molecule has 1 N–H and O–H groups in total. The average Bonchev–Trinajstić information content (AvgIpc) is 2.96. The van der Waals surface area contributed by atoms with Gasteiger partial charge in [0, 0.05) is 6.54 Å². The van der Waals surface area contributed by atoms with E-state index in [-0.39, 0.29) is 11.9 Å². The van der Waals surface area contributed by atoms with Gasteiger partial charge in [-0.3, -0.25) is 4.79 Å². The quantitative estimate of drug-likeness (QED) is 0.888. The lowest BCUT2D eigenvalue weighted by molar-refractivity contribution is 0.0945. The van der Waals surface area contributed by atoms with E-state index >= 15 is 0 Å². The van der Waals surface area contributed by atoms with Crippen LogP contribution in [0.4, 0.5) is 0 Å². The Balaban J connectivity index is 2.04. The molecule has 6 heteroatoms. The van der Waals surface area contributed by atoms with E-state index in [2.05, 4.69) is 31.9 Å². The molecule has 112 valence electrons. The highest BCUT2D eigenvalue weighted by Crippen LogP contribution is 2.17. The van der Waals surface area contributed by atoms with Crippen molar-refractivity contribution in [3.63, 3.8) is 0 Å². The lowest BCUT2D eigenvalue weighted by atomic mass is 10.1. The molecular formula is C15H20N4OS. The van der Waals surface area contributed by atoms with Gasteiger partial charge in [0.25, 0.3) is 5.91 Å². The molecule has 2 rings (SSSR count). The summed E-state index contributed by atoms with van der Waals surface area (Å²) in [7, 11) is 4.02. The standard InChI is InChI=1S/C15H20N4OS/c1-4-12-14(21-18-17-12)15(20)16-10-13(19(2)3)11-8-6-5-7-9-11/h5-9,13H,4,10H2,1-3H3,(H,16,20)/t13-/m1/s1. The van der Waals surface area contributed by atoms with Crippen molar-refractivity contribution in [2.75, 3.05) is 20.6 Å². The highest BCUT2D eigenvalue weighted by Gasteiger charge is 2.18. The molecule has 0 fully saturated rings. The van der Waals surface area contributed by atoms with E-state index < -0.39 is 0 Å². The maximum atomic E-state index is 12.2. The van der Waals surface area contributed by atoms with Crippen molar-refractivity contribution in [2.24, 2.45) is 0 Å². The van der Waals surface area contributed by atoms with Crippen molar-refractivity contribution in [1.82, 2.24) is 19.8 Å². The SMILES string of the molecule is CCc1nnsc1C(=O)NC[C@H](c1ccccc1)N(C)C. The molecule has 0 saturated heterocycles. The van der Waals surface area contributed by atoms with Crippen LogP contribution >= 0.6 is 11.5 Å². The second-order valence-corrected chi connectivity index (χ2v) is 5.76. The van der Waals surface area contributed by atoms with Gasteiger partial charge in [-0.05, 0) is 37.6 Å². The number of amides is 1. The number of carbonyl (C=O) groups is 1. The Morgan fingerprint density at radius 1 is 1.33 bits per heavy atom. The van der Waals surface area contributed by atoms with Gasteiger partial charge in [-0.25, -0.2) is 0 Å². The molecule has 1 atom stereocenters. The van der Waals surface area contributed by atoms with Crippen LogP contribution in [0.5, 0.6) is 0 Å². The van der Waals surface area contributed by atoms with Crippen LogP contribution in [-0.4, -0.2) is 41.0 Å². The van der Waals surface area contributed by atoms with Crippen molar-refractivity contribution in [3.8, 4) is 0 Å². The summed E-state index contributed by atoms with van der Waals surface area (Å²) in [4.78, 5) is 15.0. The Labute approximate surface area is 129 Å². The average molecular weight is 304 g/mol. The van der Waals surface area contributed by atoms with Crippen LogP contribution in [-0.2, 0) is 6.42 Å². The number of likely N-dealkylation sites (N-methyl/N-ethyl adjacent to an activating group) is 1. The summed E-state index contributed by atoms with van der Waals surface area (Å²) in [5.74, 6) is -0.0929. The van der Waals surface area contributed by atoms with Crippen LogP contribution in [0, 0.1) is 0 Å². The summed E-state index contributed by atoms with van der Waals surface area (Å²) in [6.07, 6.45) is 0.717. The van der Waals surface area contributed by atoms with E-state index in [0.717, 1.165) is 23.6 Å². The second kappa shape index (κ2) is 7.28. The maximum Gasteiger partial charge on any atom is 0.265 e. The van der Waals surface area contributed by atoms with Crippen molar-refractivity contribution in [3.05, 3.63) is 46.5 Å². The molecule has 0 aliphatic carbocycles. The molecule has 21 heavy (non-hydrogen) atoms. The lowest BCUT2D eigenvalue weighted by Gasteiger charge is -2.25. The van der Waals surface area contributed by atoms with Crippen LogP contribution in [0.1, 0.15) is 33.9 Å². The Hall–Kier alpha value is -1.79. The fourth-order valence-corrected chi connectivity index (χ4v) is 2.82. The summed E-state index contributed by atoms with van der Waals surface area (Å²) in [6.45, 7) is 2.52. The molecule has 1 aromatic heterocycles. The monoisotopic (exact) mass is 304 g/mol. The number of benzene rings is 1. The molecule has 0 radical (unpaired) electrons. The predicted octanol–water partition coefficient (Wildman–Crippen LogP) is 2.13. The van der Waals surface area contributed by atoms with E-state index in [9.17, 15) is 4.79 Å². The zero-order chi connectivity index (χ0) is 15.2. The zero-order valence-corrected chi connectivity index (χ0v) is 13.4. The smallest absolute Gasteiger partial charge is 0.265 e. The fourth-order valence-electron chi connectivity index (χ4n) is 2.16. The summed E-state index contributed by atoms with van der Waals surface area (Å²) in [5.41, 5.74) is 1.94. The molecule has 0 aliphatic rings. The van der Waals surface area contributed by atoms with E-state index in [1.54, 1.807) is 0 Å². The lowest BCUT2D eigenvalue weighted by Crippen LogP contribution is -2.34. The first kappa shape index (κ1) is 15.6. The Morgan fingerprint density at radius 3 is 2.67 bits per heavy atom. The molecule has 0 bridgehead atoms. The van der Waals surface area contributed by atoms with Crippen LogP contribution in [0.3, 0.4) is 0 Å². The molecular weight excluding hydrogens is 284 g/mol. The largest absolute Gasteiger partial charge is 0.349 e. The van der Waals surface area contributed by atoms with Gasteiger partial charge >= 0.3 is 0 Å². The van der Waals surface area contributed by atoms with Crippen molar-refractivity contribution in [1.29, 1.82) is 0 Å². The minimum atomic E-state index is -0.0929. The number of carbonyl (C=O) groups excluding carboxylic acids is 1. The predicted molar refractivity (Wildman–Crippen MR) is 84.5 cm³/mol. The van der Waals surface area contributed by atoms with Crippen molar-refractivity contribution in [2.45, 2.75) is 19.4 Å². The number of aromatic nitrogens is 2. The Kier molecular flexibility index (Phi) is 5.41. The molecule has 0 unspecified atom stereocenters. The summed E-state index contributed by atoms with van der Waals surface area (Å²) in [6, 6.07) is 10.3. The van der Waals surface area contributed by atoms with E-state index in [0.29, 0.717) is 11.4 Å². The molecule has 0 spiro atoms. The van der Waals surface area contributed by atoms with E-state index in [1.165, 1.54) is 5.56 Å². The van der Waals surface area contributed by atoms with Crippen LogP contribution in [0.2, 0.25) is 0 Å². The number of hydrogen-bond acceptors (Lipinski definition) is 5. The third kappa shape index (κ3) is 3.86. The third-order valence-corrected chi connectivity index (χ3v) is 4.13. The number of nitrogens with zero attached hydrogens (tertiary/aromatic N) is 3. The summed E-state index contributed by atoms with van der Waals surface area (Å²) in [5, 5.41) is 6.96. The number of hydrogen-bond donors (Lipinski definition) is 1. The topological polar surface area (TPSA) is 58.1 Å². The maximum absolute atomic E-state index is 12.2. The van der Waals surface area contributed by atoms with Gasteiger partial charge in [-0.1, -0.05) is 41.7 Å². The van der Waals surface area contributed by atoms with E-state index in [4.69, 9.17) is 0 Å². The van der Waals surface area contributed by atoms with Crippen LogP contribution < -0.4 is 5.32 Å². The molecule has 2 aromatic rings. The number of aryl methyl sites for hydroxylation is 1. The van der Waals surface area contributed by atoms with Crippen LogP contribution in [0.25, 0.3) is 0 Å². The van der Waals surface area contributed by atoms with Gasteiger partial charge < -0.3 is 10.2 Å².